The lowest BCUT2D eigenvalue weighted by Gasteiger charge is -2.17. The van der Waals surface area contributed by atoms with Crippen molar-refractivity contribution >= 4 is 16.7 Å². The Bertz CT molecular complexity index is 595. The highest BCUT2D eigenvalue weighted by Crippen LogP contribution is 2.28. The number of rotatable bonds is 5. The van der Waals surface area contributed by atoms with Crippen LogP contribution in [0.25, 0.3) is 10.8 Å². The first-order valence-electron chi connectivity index (χ1n) is 6.27. The fraction of sp³-hybridized carbons (Fsp3) is 0.267. The molecule has 0 aliphatic heterocycles. The summed E-state index contributed by atoms with van der Waals surface area (Å²) in [6.45, 7) is 2.09. The maximum absolute atomic E-state index is 11.0. The molecule has 0 radical (unpaired) electrons. The van der Waals surface area contributed by atoms with Crippen LogP contribution in [-0.4, -0.2) is 17.2 Å². The van der Waals surface area contributed by atoms with Gasteiger partial charge in [0.2, 0.25) is 0 Å². The molecule has 0 aromatic heterocycles. The van der Waals surface area contributed by atoms with Crippen molar-refractivity contribution in [1.82, 2.24) is 0 Å². The molecule has 0 aliphatic rings. The predicted molar refractivity (Wildman–Crippen MR) is 74.2 cm³/mol. The largest absolute Gasteiger partial charge is 0.479 e. The maximum Gasteiger partial charge on any atom is 0.344 e. The number of ether oxygens (including phenoxy) is 1. The van der Waals surface area contributed by atoms with Crippen LogP contribution in [-0.2, 0) is 11.3 Å². The summed E-state index contributed by atoms with van der Waals surface area (Å²) in [4.78, 5) is 11.0. The molecular weight excluding hydrogens is 242 g/mol. The number of nitrogens with two attached hydrogens (primary N) is 1. The molecule has 100 valence electrons. The Hall–Kier alpha value is -2.07. The van der Waals surface area contributed by atoms with Crippen molar-refractivity contribution in [2.24, 2.45) is 5.73 Å². The molecular formula is C15H17NO3. The summed E-state index contributed by atoms with van der Waals surface area (Å²) < 4.78 is 5.58. The molecule has 0 spiro atoms. The van der Waals surface area contributed by atoms with Gasteiger partial charge in [-0.15, -0.1) is 0 Å². The first-order chi connectivity index (χ1) is 9.17. The van der Waals surface area contributed by atoms with Crippen LogP contribution in [0.3, 0.4) is 0 Å². The first-order valence-corrected chi connectivity index (χ1v) is 6.27. The summed E-state index contributed by atoms with van der Waals surface area (Å²) in [5, 5.41) is 11.1. The molecule has 19 heavy (non-hydrogen) atoms. The standard InChI is InChI=1S/C15H17NO3/c1-2-13(15(17)18)19-14-8-7-10-5-3-4-6-11(10)12(14)9-16/h3-8,13H,2,9,16H2,1H3,(H,17,18). The van der Waals surface area contributed by atoms with Gasteiger partial charge in [-0.05, 0) is 23.3 Å². The summed E-state index contributed by atoms with van der Waals surface area (Å²) in [7, 11) is 0. The molecule has 1 atom stereocenters. The molecule has 2 aromatic rings. The van der Waals surface area contributed by atoms with Gasteiger partial charge in [-0.2, -0.15) is 0 Å². The minimum atomic E-state index is -0.960. The Labute approximate surface area is 111 Å². The van der Waals surface area contributed by atoms with Crippen LogP contribution >= 0.6 is 0 Å². The van der Waals surface area contributed by atoms with Crippen LogP contribution in [0, 0.1) is 0 Å². The lowest BCUT2D eigenvalue weighted by molar-refractivity contribution is -0.145. The molecule has 3 N–H and O–H groups in total. The summed E-state index contributed by atoms with van der Waals surface area (Å²) >= 11 is 0. The Kier molecular flexibility index (Phi) is 4.02. The number of hydrogen-bond acceptors (Lipinski definition) is 3. The molecule has 4 heteroatoms. The minimum Gasteiger partial charge on any atom is -0.479 e. The zero-order chi connectivity index (χ0) is 13.8. The van der Waals surface area contributed by atoms with Gasteiger partial charge in [0.05, 0.1) is 0 Å². The van der Waals surface area contributed by atoms with E-state index in [1.807, 2.05) is 30.3 Å². The highest BCUT2D eigenvalue weighted by Gasteiger charge is 2.18. The minimum absolute atomic E-state index is 0.312. The van der Waals surface area contributed by atoms with Crippen molar-refractivity contribution in [3.63, 3.8) is 0 Å². The number of carboxylic acid groups (broad SMARTS) is 1. The Morgan fingerprint density at radius 1 is 1.32 bits per heavy atom. The fourth-order valence-electron chi connectivity index (χ4n) is 2.10. The average molecular weight is 259 g/mol. The second-order valence-electron chi connectivity index (χ2n) is 4.32. The molecule has 0 fully saturated rings. The smallest absolute Gasteiger partial charge is 0.344 e. The van der Waals surface area contributed by atoms with Gasteiger partial charge in [0.25, 0.3) is 0 Å². The van der Waals surface area contributed by atoms with E-state index in [1.165, 1.54) is 0 Å². The molecule has 1 unspecified atom stereocenters. The van der Waals surface area contributed by atoms with Crippen molar-refractivity contribution in [2.75, 3.05) is 0 Å². The van der Waals surface area contributed by atoms with Crippen molar-refractivity contribution in [3.05, 3.63) is 42.0 Å². The Morgan fingerprint density at radius 3 is 2.68 bits per heavy atom. The number of fused-ring (bicyclic) bond motifs is 1. The molecule has 0 saturated carbocycles. The SMILES string of the molecule is CCC(Oc1ccc2ccccc2c1CN)C(=O)O. The van der Waals surface area contributed by atoms with Gasteiger partial charge >= 0.3 is 5.97 Å². The lowest BCUT2D eigenvalue weighted by Crippen LogP contribution is -2.26. The van der Waals surface area contributed by atoms with E-state index in [9.17, 15) is 4.79 Å². The van der Waals surface area contributed by atoms with Crippen molar-refractivity contribution < 1.29 is 14.6 Å². The molecule has 0 aliphatic carbocycles. The van der Waals surface area contributed by atoms with Crippen LogP contribution in [0.5, 0.6) is 5.75 Å². The van der Waals surface area contributed by atoms with Crippen LogP contribution in [0.4, 0.5) is 0 Å². The summed E-state index contributed by atoms with van der Waals surface area (Å²) in [5.41, 5.74) is 6.63. The molecule has 2 aromatic carbocycles. The number of benzene rings is 2. The third-order valence-electron chi connectivity index (χ3n) is 3.12. The van der Waals surface area contributed by atoms with Crippen LogP contribution < -0.4 is 10.5 Å². The van der Waals surface area contributed by atoms with Gasteiger partial charge in [0.1, 0.15) is 5.75 Å². The van der Waals surface area contributed by atoms with E-state index in [0.717, 1.165) is 16.3 Å². The van der Waals surface area contributed by atoms with E-state index < -0.39 is 12.1 Å². The van der Waals surface area contributed by atoms with Gasteiger partial charge < -0.3 is 15.6 Å². The molecule has 0 saturated heterocycles. The van der Waals surface area contributed by atoms with Crippen molar-refractivity contribution in [2.45, 2.75) is 26.0 Å². The number of carboxylic acids is 1. The van der Waals surface area contributed by atoms with Gasteiger partial charge in [0.15, 0.2) is 6.10 Å². The number of carbonyl (C=O) groups is 1. The topological polar surface area (TPSA) is 72.5 Å². The molecule has 4 nitrogen and oxygen atoms in total. The van der Waals surface area contributed by atoms with E-state index in [2.05, 4.69) is 0 Å². The van der Waals surface area contributed by atoms with Gasteiger partial charge in [-0.3, -0.25) is 0 Å². The highest BCUT2D eigenvalue weighted by atomic mass is 16.5. The number of aliphatic carboxylic acids is 1. The van der Waals surface area contributed by atoms with Crippen LogP contribution in [0.2, 0.25) is 0 Å². The van der Waals surface area contributed by atoms with Crippen molar-refractivity contribution in [1.29, 1.82) is 0 Å². The molecule has 0 bridgehead atoms. The van der Waals surface area contributed by atoms with E-state index in [0.29, 0.717) is 18.7 Å². The quantitative estimate of drug-likeness (QED) is 0.865. The van der Waals surface area contributed by atoms with E-state index in [4.69, 9.17) is 15.6 Å². The predicted octanol–water partition coefficient (Wildman–Crippen LogP) is 2.54. The normalized spacial score (nSPS) is 12.3. The van der Waals surface area contributed by atoms with E-state index in [-0.39, 0.29) is 0 Å². The Balaban J connectivity index is 2.46. The van der Waals surface area contributed by atoms with Gasteiger partial charge in [0, 0.05) is 12.1 Å². The summed E-state index contributed by atoms with van der Waals surface area (Å²) in [5.74, 6) is -0.408. The molecule has 0 amide bonds. The summed E-state index contributed by atoms with van der Waals surface area (Å²) in [6, 6.07) is 11.5. The van der Waals surface area contributed by atoms with Gasteiger partial charge in [-0.25, -0.2) is 4.79 Å². The van der Waals surface area contributed by atoms with E-state index in [1.54, 1.807) is 13.0 Å². The second-order valence-corrected chi connectivity index (χ2v) is 4.32. The zero-order valence-electron chi connectivity index (χ0n) is 10.8. The molecule has 2 rings (SSSR count). The Morgan fingerprint density at radius 2 is 2.05 bits per heavy atom. The monoisotopic (exact) mass is 259 g/mol. The van der Waals surface area contributed by atoms with Crippen LogP contribution in [0.1, 0.15) is 18.9 Å². The van der Waals surface area contributed by atoms with Crippen molar-refractivity contribution in [3.8, 4) is 5.75 Å². The zero-order valence-corrected chi connectivity index (χ0v) is 10.8. The third kappa shape index (κ3) is 2.69. The van der Waals surface area contributed by atoms with Gasteiger partial charge in [-0.1, -0.05) is 37.3 Å². The maximum atomic E-state index is 11.0. The second kappa shape index (κ2) is 5.71. The number of hydrogen-bond donors (Lipinski definition) is 2. The highest BCUT2D eigenvalue weighted by molar-refractivity contribution is 5.88. The van der Waals surface area contributed by atoms with E-state index >= 15 is 0 Å². The lowest BCUT2D eigenvalue weighted by atomic mass is 10.0. The molecule has 0 heterocycles. The summed E-state index contributed by atoms with van der Waals surface area (Å²) in [6.07, 6.45) is -0.432. The third-order valence-corrected chi connectivity index (χ3v) is 3.12. The fourth-order valence-corrected chi connectivity index (χ4v) is 2.10. The average Bonchev–Trinajstić information content (AvgIpc) is 2.43. The first kappa shape index (κ1) is 13.4. The van der Waals surface area contributed by atoms with Crippen LogP contribution in [0.15, 0.2) is 36.4 Å².